The first kappa shape index (κ1) is 11.5. The van der Waals surface area contributed by atoms with Crippen LogP contribution >= 0.6 is 15.9 Å². The zero-order valence-electron chi connectivity index (χ0n) is 8.09. The van der Waals surface area contributed by atoms with Crippen LogP contribution in [-0.4, -0.2) is 5.11 Å². The molecule has 2 nitrogen and oxygen atoms in total. The van der Waals surface area contributed by atoms with E-state index in [1.807, 2.05) is 13.8 Å². The molecule has 0 amide bonds. The van der Waals surface area contributed by atoms with Crippen molar-refractivity contribution >= 4 is 15.9 Å². The maximum atomic E-state index is 13.1. The zero-order chi connectivity index (χ0) is 10.9. The largest absolute Gasteiger partial charge is 0.505 e. The van der Waals surface area contributed by atoms with E-state index in [9.17, 15) is 9.50 Å². The van der Waals surface area contributed by atoms with Crippen molar-refractivity contribution < 1.29 is 9.50 Å². The first-order valence-electron chi connectivity index (χ1n) is 4.37. The van der Waals surface area contributed by atoms with E-state index in [0.29, 0.717) is 10.0 Å². The normalized spacial score (nSPS) is 13.3. The number of aromatic hydroxyl groups is 1. The SMILES string of the molecule is CC(C)C(N)c1cc(Br)cc(F)c1O. The number of phenols is 1. The summed E-state index contributed by atoms with van der Waals surface area (Å²) in [5.41, 5.74) is 6.27. The van der Waals surface area contributed by atoms with Crippen LogP contribution in [0.5, 0.6) is 5.75 Å². The Labute approximate surface area is 91.1 Å². The average molecular weight is 262 g/mol. The van der Waals surface area contributed by atoms with Crippen LogP contribution in [0.15, 0.2) is 16.6 Å². The highest BCUT2D eigenvalue weighted by atomic mass is 79.9. The quantitative estimate of drug-likeness (QED) is 0.860. The topological polar surface area (TPSA) is 46.2 Å². The molecule has 0 heterocycles. The third-order valence-electron chi connectivity index (χ3n) is 2.14. The van der Waals surface area contributed by atoms with E-state index < -0.39 is 5.82 Å². The summed E-state index contributed by atoms with van der Waals surface area (Å²) in [6.07, 6.45) is 0. The van der Waals surface area contributed by atoms with Gasteiger partial charge >= 0.3 is 0 Å². The van der Waals surface area contributed by atoms with Gasteiger partial charge in [0.1, 0.15) is 0 Å². The number of phenolic OH excluding ortho intramolecular Hbond substituents is 1. The van der Waals surface area contributed by atoms with E-state index >= 15 is 0 Å². The molecule has 0 fully saturated rings. The fourth-order valence-corrected chi connectivity index (χ4v) is 1.65. The molecule has 1 aromatic carbocycles. The van der Waals surface area contributed by atoms with Crippen molar-refractivity contribution in [3.8, 4) is 5.75 Å². The zero-order valence-corrected chi connectivity index (χ0v) is 9.68. The summed E-state index contributed by atoms with van der Waals surface area (Å²) in [5, 5.41) is 9.47. The van der Waals surface area contributed by atoms with Crippen LogP contribution in [0.25, 0.3) is 0 Å². The van der Waals surface area contributed by atoms with Crippen LogP contribution in [0.3, 0.4) is 0 Å². The lowest BCUT2D eigenvalue weighted by Gasteiger charge is -2.17. The lowest BCUT2D eigenvalue weighted by Crippen LogP contribution is -2.17. The summed E-state index contributed by atoms with van der Waals surface area (Å²) in [5.74, 6) is -0.852. The van der Waals surface area contributed by atoms with Crippen molar-refractivity contribution in [2.45, 2.75) is 19.9 Å². The Morgan fingerprint density at radius 2 is 2.00 bits per heavy atom. The first-order valence-corrected chi connectivity index (χ1v) is 5.16. The van der Waals surface area contributed by atoms with Crippen LogP contribution < -0.4 is 5.73 Å². The molecule has 0 spiro atoms. The van der Waals surface area contributed by atoms with E-state index in [0.717, 1.165) is 0 Å². The lowest BCUT2D eigenvalue weighted by molar-refractivity contribution is 0.407. The predicted octanol–water partition coefficient (Wildman–Crippen LogP) is 2.95. The van der Waals surface area contributed by atoms with Crippen molar-refractivity contribution in [1.29, 1.82) is 0 Å². The molecule has 1 aromatic rings. The molecule has 1 atom stereocenters. The van der Waals surface area contributed by atoms with Crippen LogP contribution in [0, 0.1) is 11.7 Å². The van der Waals surface area contributed by atoms with Gasteiger partial charge in [-0.15, -0.1) is 0 Å². The highest BCUT2D eigenvalue weighted by Crippen LogP contribution is 2.32. The molecular weight excluding hydrogens is 249 g/mol. The summed E-state index contributed by atoms with van der Waals surface area (Å²) >= 11 is 3.16. The van der Waals surface area contributed by atoms with E-state index in [-0.39, 0.29) is 17.7 Å². The molecule has 0 aliphatic rings. The van der Waals surface area contributed by atoms with Crippen LogP contribution in [0.4, 0.5) is 4.39 Å². The van der Waals surface area contributed by atoms with Crippen LogP contribution in [-0.2, 0) is 0 Å². The summed E-state index contributed by atoms with van der Waals surface area (Å²) in [6.45, 7) is 3.84. The third kappa shape index (κ3) is 2.25. The number of nitrogens with two attached hydrogens (primary N) is 1. The molecule has 78 valence electrons. The van der Waals surface area contributed by atoms with Gasteiger partial charge in [0.05, 0.1) is 0 Å². The van der Waals surface area contributed by atoms with Gasteiger partial charge in [0.2, 0.25) is 0 Å². The number of hydrogen-bond acceptors (Lipinski definition) is 2. The Morgan fingerprint density at radius 1 is 1.43 bits per heavy atom. The summed E-state index contributed by atoms with van der Waals surface area (Å²) in [7, 11) is 0. The minimum Gasteiger partial charge on any atom is -0.505 e. The Balaban J connectivity index is 3.20. The fourth-order valence-electron chi connectivity index (χ4n) is 1.20. The minimum atomic E-state index is -0.648. The van der Waals surface area contributed by atoms with Gasteiger partial charge in [-0.2, -0.15) is 0 Å². The molecule has 0 bridgehead atoms. The van der Waals surface area contributed by atoms with Crippen LogP contribution in [0.2, 0.25) is 0 Å². The molecule has 3 N–H and O–H groups in total. The molecule has 14 heavy (non-hydrogen) atoms. The average Bonchev–Trinajstić information content (AvgIpc) is 2.09. The number of hydrogen-bond donors (Lipinski definition) is 2. The molecule has 0 aromatic heterocycles. The van der Waals surface area contributed by atoms with Gasteiger partial charge in [0, 0.05) is 16.1 Å². The molecule has 4 heteroatoms. The van der Waals surface area contributed by atoms with Crippen molar-refractivity contribution in [1.82, 2.24) is 0 Å². The lowest BCUT2D eigenvalue weighted by atomic mass is 9.96. The molecule has 0 saturated heterocycles. The number of rotatable bonds is 2. The highest BCUT2D eigenvalue weighted by Gasteiger charge is 2.17. The monoisotopic (exact) mass is 261 g/mol. The van der Waals surface area contributed by atoms with Gasteiger partial charge in [-0.05, 0) is 18.1 Å². The van der Waals surface area contributed by atoms with E-state index in [2.05, 4.69) is 15.9 Å². The Morgan fingerprint density at radius 3 is 2.50 bits per heavy atom. The van der Waals surface area contributed by atoms with Crippen molar-refractivity contribution in [2.24, 2.45) is 11.7 Å². The van der Waals surface area contributed by atoms with Crippen LogP contribution in [0.1, 0.15) is 25.5 Å². The highest BCUT2D eigenvalue weighted by molar-refractivity contribution is 9.10. The Kier molecular flexibility index (Phi) is 3.50. The second-order valence-electron chi connectivity index (χ2n) is 3.60. The number of benzene rings is 1. The second-order valence-corrected chi connectivity index (χ2v) is 4.51. The van der Waals surface area contributed by atoms with Gasteiger partial charge < -0.3 is 10.8 Å². The summed E-state index contributed by atoms with van der Waals surface area (Å²) in [4.78, 5) is 0. The van der Waals surface area contributed by atoms with Crippen molar-refractivity contribution in [2.75, 3.05) is 0 Å². The smallest absolute Gasteiger partial charge is 0.166 e. The first-order chi connectivity index (χ1) is 6.43. The van der Waals surface area contributed by atoms with E-state index in [1.165, 1.54) is 6.07 Å². The van der Waals surface area contributed by atoms with E-state index in [4.69, 9.17) is 5.73 Å². The summed E-state index contributed by atoms with van der Waals surface area (Å²) < 4.78 is 13.7. The Hall–Kier alpha value is -0.610. The minimum absolute atomic E-state index is 0.148. The maximum Gasteiger partial charge on any atom is 0.166 e. The summed E-state index contributed by atoms with van der Waals surface area (Å²) in [6, 6.07) is 2.50. The predicted molar refractivity (Wildman–Crippen MR) is 57.5 cm³/mol. The molecule has 0 radical (unpaired) electrons. The molecule has 0 aliphatic carbocycles. The standard InChI is InChI=1S/C10H13BrFNO/c1-5(2)9(13)7-3-6(11)4-8(12)10(7)14/h3-5,9,14H,13H2,1-2H3. The Bertz CT molecular complexity index is 341. The molecule has 0 saturated carbocycles. The van der Waals surface area contributed by atoms with Gasteiger partial charge in [-0.3, -0.25) is 0 Å². The number of halogens is 2. The van der Waals surface area contributed by atoms with Gasteiger partial charge in [-0.25, -0.2) is 4.39 Å². The molecule has 1 unspecified atom stereocenters. The maximum absolute atomic E-state index is 13.1. The van der Waals surface area contributed by atoms with Crippen molar-refractivity contribution in [3.63, 3.8) is 0 Å². The van der Waals surface area contributed by atoms with E-state index in [1.54, 1.807) is 6.07 Å². The molecular formula is C10H13BrFNO. The van der Waals surface area contributed by atoms with Gasteiger partial charge in [0.25, 0.3) is 0 Å². The second kappa shape index (κ2) is 4.28. The van der Waals surface area contributed by atoms with Gasteiger partial charge in [-0.1, -0.05) is 29.8 Å². The van der Waals surface area contributed by atoms with Gasteiger partial charge in [0.15, 0.2) is 11.6 Å². The molecule has 0 aliphatic heterocycles. The third-order valence-corrected chi connectivity index (χ3v) is 2.59. The fraction of sp³-hybridized carbons (Fsp3) is 0.400. The van der Waals surface area contributed by atoms with Crippen molar-refractivity contribution in [3.05, 3.63) is 28.0 Å². The molecule has 1 rings (SSSR count).